The molecule has 2 heterocycles. The van der Waals surface area contributed by atoms with Gasteiger partial charge in [0.05, 0.1) is 0 Å². The molecule has 20 heteroatoms. The van der Waals surface area contributed by atoms with Crippen LogP contribution in [0.3, 0.4) is 0 Å². The number of rotatable bonds is 8. The molecule has 4 aromatic rings. The van der Waals surface area contributed by atoms with Crippen molar-refractivity contribution in [3.8, 4) is 0 Å². The zero-order valence-electron chi connectivity index (χ0n) is 20.0. The summed E-state index contributed by atoms with van der Waals surface area (Å²) < 4.78 is 68.0. The van der Waals surface area contributed by atoms with Crippen LogP contribution >= 0.6 is 0 Å². The highest BCUT2D eigenvalue weighted by molar-refractivity contribution is 7.86. The second-order valence-electron chi connectivity index (χ2n) is 7.79. The Morgan fingerprint density at radius 1 is 0.575 bits per heavy atom. The largest absolute Gasteiger partial charge is 0.368 e. The molecule has 0 amide bonds. The summed E-state index contributed by atoms with van der Waals surface area (Å²) in [4.78, 5) is 21.5. The summed E-state index contributed by atoms with van der Waals surface area (Å²) in [6.45, 7) is 0. The molecule has 0 radical (unpaired) electrons. The Labute approximate surface area is 226 Å². The number of aromatic nitrogens is 6. The molecule has 2 aromatic heterocycles. The molecule has 0 fully saturated rings. The third-order valence-electron chi connectivity index (χ3n) is 4.88. The van der Waals surface area contributed by atoms with E-state index in [1.165, 1.54) is 36.4 Å². The Hall–Kier alpha value is -5.18. The van der Waals surface area contributed by atoms with E-state index in [2.05, 4.69) is 40.5 Å². The Morgan fingerprint density at radius 3 is 1.20 bits per heavy atom. The average molecular weight is 589 g/mol. The van der Waals surface area contributed by atoms with Crippen molar-refractivity contribution in [2.75, 3.05) is 33.6 Å². The summed E-state index contributed by atoms with van der Waals surface area (Å²) in [6.07, 6.45) is 2.44. The van der Waals surface area contributed by atoms with E-state index in [-0.39, 0.29) is 58.2 Å². The minimum Gasteiger partial charge on any atom is -0.368 e. The van der Waals surface area contributed by atoms with Crippen molar-refractivity contribution in [1.29, 1.82) is 0 Å². The summed E-state index contributed by atoms with van der Waals surface area (Å²) >= 11 is 0. The van der Waals surface area contributed by atoms with E-state index in [1.54, 1.807) is 0 Å². The maximum Gasteiger partial charge on any atom is 0.295 e. The van der Waals surface area contributed by atoms with Gasteiger partial charge in [-0.1, -0.05) is 24.3 Å². The Morgan fingerprint density at radius 2 is 0.900 bits per heavy atom. The van der Waals surface area contributed by atoms with Crippen molar-refractivity contribution in [1.82, 2.24) is 29.9 Å². The molecule has 0 aliphatic rings. The van der Waals surface area contributed by atoms with Crippen LogP contribution in [0.1, 0.15) is 11.1 Å². The van der Waals surface area contributed by atoms with Gasteiger partial charge < -0.3 is 33.6 Å². The third kappa shape index (κ3) is 6.82. The molecular formula is C20H20N12O6S2. The standard InChI is InChI=1S/C20H20N12O6S2/c21-15-27-16(22)30-19(29-15)25-11-5-3-9(13(7-11)39(33,34)35)1-2-10-4-6-12(8-14(10)40(36,37)38)26-20-31-17(23)28-18(24)32-20/h1-8H,(H,33,34,35)(H,36,37,38)(H5,21,22,25,27,29,30)(H5,23,24,26,28,31,32)/b2-1+. The van der Waals surface area contributed by atoms with Crippen LogP contribution in [0.15, 0.2) is 46.2 Å². The van der Waals surface area contributed by atoms with Gasteiger partial charge in [0.25, 0.3) is 20.2 Å². The first kappa shape index (κ1) is 27.8. The molecule has 4 rings (SSSR count). The van der Waals surface area contributed by atoms with Crippen LogP contribution in [0.2, 0.25) is 0 Å². The van der Waals surface area contributed by atoms with Crippen LogP contribution in [-0.2, 0) is 20.2 Å². The second kappa shape index (κ2) is 10.5. The number of benzene rings is 2. The number of nitrogens with one attached hydrogen (secondary N) is 2. The van der Waals surface area contributed by atoms with Gasteiger partial charge in [0, 0.05) is 11.4 Å². The van der Waals surface area contributed by atoms with Gasteiger partial charge >= 0.3 is 0 Å². The van der Waals surface area contributed by atoms with Crippen molar-refractivity contribution in [2.24, 2.45) is 0 Å². The fourth-order valence-corrected chi connectivity index (χ4v) is 4.73. The number of nitrogens with zero attached hydrogens (tertiary/aromatic N) is 6. The Kier molecular flexibility index (Phi) is 7.33. The van der Waals surface area contributed by atoms with Crippen LogP contribution in [0, 0.1) is 0 Å². The molecular weight excluding hydrogens is 568 g/mol. The fourth-order valence-electron chi connectivity index (χ4n) is 3.31. The molecule has 0 unspecified atom stereocenters. The normalized spacial score (nSPS) is 11.9. The van der Waals surface area contributed by atoms with Crippen molar-refractivity contribution in [3.63, 3.8) is 0 Å². The molecule has 0 aliphatic heterocycles. The number of anilines is 8. The van der Waals surface area contributed by atoms with Gasteiger partial charge in [-0.05, 0) is 35.4 Å². The predicted molar refractivity (Wildman–Crippen MR) is 145 cm³/mol. The number of nitrogen functional groups attached to an aromatic ring is 4. The van der Waals surface area contributed by atoms with Gasteiger partial charge in [0.2, 0.25) is 35.7 Å². The zero-order valence-corrected chi connectivity index (χ0v) is 21.6. The smallest absolute Gasteiger partial charge is 0.295 e. The summed E-state index contributed by atoms with van der Waals surface area (Å²) in [6, 6.07) is 7.63. The van der Waals surface area contributed by atoms with E-state index in [0.717, 1.165) is 12.1 Å². The molecule has 2 aromatic carbocycles. The number of nitrogens with two attached hydrogens (primary N) is 4. The van der Waals surface area contributed by atoms with Crippen molar-refractivity contribution >= 4 is 79.5 Å². The second-order valence-corrected chi connectivity index (χ2v) is 10.6. The SMILES string of the molecule is Nc1nc(N)nc(Nc2ccc(/C=C/c3ccc(Nc4nc(N)nc(N)n4)cc3S(=O)(=O)O)c(S(=O)(=O)O)c2)n1. The van der Waals surface area contributed by atoms with Gasteiger partial charge in [0.1, 0.15) is 9.79 Å². The lowest BCUT2D eigenvalue weighted by Gasteiger charge is -2.10. The van der Waals surface area contributed by atoms with Gasteiger partial charge in [-0.3, -0.25) is 9.11 Å². The summed E-state index contributed by atoms with van der Waals surface area (Å²) in [7, 11) is -9.53. The van der Waals surface area contributed by atoms with Gasteiger partial charge in [-0.25, -0.2) is 0 Å². The summed E-state index contributed by atoms with van der Waals surface area (Å²) in [5.74, 6) is -0.875. The highest BCUT2D eigenvalue weighted by Gasteiger charge is 2.18. The molecule has 12 N–H and O–H groups in total. The Bertz CT molecular complexity index is 1690. The highest BCUT2D eigenvalue weighted by atomic mass is 32.2. The van der Waals surface area contributed by atoms with E-state index in [0.29, 0.717) is 0 Å². The van der Waals surface area contributed by atoms with E-state index in [9.17, 15) is 25.9 Å². The molecule has 0 atom stereocenters. The minimum atomic E-state index is -4.77. The monoisotopic (exact) mass is 588 g/mol. The van der Waals surface area contributed by atoms with Gasteiger partial charge in [-0.15, -0.1) is 0 Å². The zero-order chi connectivity index (χ0) is 29.2. The van der Waals surface area contributed by atoms with Crippen LogP contribution < -0.4 is 33.6 Å². The van der Waals surface area contributed by atoms with Gasteiger partial charge in [-0.2, -0.15) is 46.7 Å². The van der Waals surface area contributed by atoms with Crippen molar-refractivity contribution in [3.05, 3.63) is 47.5 Å². The van der Waals surface area contributed by atoms with E-state index >= 15 is 0 Å². The molecule has 0 bridgehead atoms. The number of hydrogen-bond acceptors (Lipinski definition) is 16. The average Bonchev–Trinajstić information content (AvgIpc) is 2.81. The summed E-state index contributed by atoms with van der Waals surface area (Å²) in [5.41, 5.74) is 22.3. The van der Waals surface area contributed by atoms with Gasteiger partial charge in [0.15, 0.2) is 0 Å². The molecule has 18 nitrogen and oxygen atoms in total. The molecule has 0 saturated carbocycles. The lowest BCUT2D eigenvalue weighted by Crippen LogP contribution is -2.08. The topological polar surface area (TPSA) is 314 Å². The quantitative estimate of drug-likeness (QED) is 0.103. The van der Waals surface area contributed by atoms with E-state index in [4.69, 9.17) is 22.9 Å². The van der Waals surface area contributed by atoms with Crippen LogP contribution in [-0.4, -0.2) is 55.8 Å². The molecule has 40 heavy (non-hydrogen) atoms. The summed E-state index contributed by atoms with van der Waals surface area (Å²) in [5, 5.41) is 5.38. The first-order valence-corrected chi connectivity index (χ1v) is 13.5. The van der Waals surface area contributed by atoms with E-state index < -0.39 is 30.0 Å². The van der Waals surface area contributed by atoms with Crippen LogP contribution in [0.25, 0.3) is 12.2 Å². The third-order valence-corrected chi connectivity index (χ3v) is 6.70. The molecule has 0 spiro atoms. The lowest BCUT2D eigenvalue weighted by molar-refractivity contribution is 0.480. The predicted octanol–water partition coefficient (Wildman–Crippen LogP) is 0.536. The highest BCUT2D eigenvalue weighted by Crippen LogP contribution is 2.27. The van der Waals surface area contributed by atoms with Crippen molar-refractivity contribution in [2.45, 2.75) is 9.79 Å². The lowest BCUT2D eigenvalue weighted by atomic mass is 10.1. The maximum absolute atomic E-state index is 12.1. The van der Waals surface area contributed by atoms with Crippen LogP contribution in [0.5, 0.6) is 0 Å². The molecule has 0 saturated heterocycles. The Balaban J connectivity index is 1.69. The van der Waals surface area contributed by atoms with Crippen molar-refractivity contribution < 1.29 is 25.9 Å². The first-order chi connectivity index (χ1) is 18.7. The molecule has 0 aliphatic carbocycles. The molecule has 208 valence electrons. The first-order valence-electron chi connectivity index (χ1n) is 10.7. The van der Waals surface area contributed by atoms with E-state index in [1.807, 2.05) is 0 Å². The number of hydrogen-bond donors (Lipinski definition) is 8. The maximum atomic E-state index is 12.1. The minimum absolute atomic E-state index is 0.0256. The fraction of sp³-hybridized carbons (Fsp3) is 0. The van der Waals surface area contributed by atoms with Crippen LogP contribution in [0.4, 0.5) is 47.1 Å².